The number of nitrogens with zero attached hydrogens (tertiary/aromatic N) is 1. The Labute approximate surface area is 230 Å². The van der Waals surface area contributed by atoms with E-state index in [1.54, 1.807) is 38.1 Å². The molecule has 0 aliphatic rings. The Balaban J connectivity index is 1.74. The molecule has 2 N–H and O–H groups in total. The van der Waals surface area contributed by atoms with Crippen molar-refractivity contribution in [1.82, 2.24) is 4.98 Å². The molecule has 0 unspecified atom stereocenters. The molecule has 9 heteroatoms. The monoisotopic (exact) mass is 559 g/mol. The molecular weight excluding hydrogens is 541 g/mol. The van der Waals surface area contributed by atoms with E-state index in [2.05, 4.69) is 4.98 Å². The number of aromatic hydroxyl groups is 2. The summed E-state index contributed by atoms with van der Waals surface area (Å²) >= 11 is 12.6. The van der Waals surface area contributed by atoms with Crippen LogP contribution in [-0.2, 0) is 0 Å². The van der Waals surface area contributed by atoms with Crippen molar-refractivity contribution in [2.45, 2.75) is 19.8 Å². The number of pyridine rings is 1. The molecule has 0 aliphatic heterocycles. The second kappa shape index (κ2) is 9.15. The summed E-state index contributed by atoms with van der Waals surface area (Å²) in [6.45, 7) is 3.47. The molecule has 3 aromatic heterocycles. The van der Waals surface area contributed by atoms with Gasteiger partial charge in [-0.05, 0) is 61.4 Å². The van der Waals surface area contributed by atoms with Crippen molar-refractivity contribution in [3.8, 4) is 11.5 Å². The number of fused-ring (bicyclic) bond motifs is 3. The van der Waals surface area contributed by atoms with Crippen LogP contribution >= 0.6 is 23.2 Å². The molecule has 0 spiro atoms. The summed E-state index contributed by atoms with van der Waals surface area (Å²) in [5.41, 5.74) is -0.128. The van der Waals surface area contributed by atoms with Gasteiger partial charge < -0.3 is 19.0 Å². The molecule has 3 aromatic carbocycles. The second-order valence-corrected chi connectivity index (χ2v) is 10.2. The van der Waals surface area contributed by atoms with E-state index < -0.39 is 28.7 Å². The highest BCUT2D eigenvalue weighted by Gasteiger charge is 2.34. The summed E-state index contributed by atoms with van der Waals surface area (Å²) in [7, 11) is 0. The van der Waals surface area contributed by atoms with Gasteiger partial charge in [-0.25, -0.2) is 9.59 Å². The number of benzene rings is 3. The molecule has 6 aromatic rings. The number of aryl methyl sites for hydroxylation is 2. The van der Waals surface area contributed by atoms with Crippen molar-refractivity contribution in [3.63, 3.8) is 0 Å². The maximum absolute atomic E-state index is 13.5. The van der Waals surface area contributed by atoms with Gasteiger partial charge in [0.2, 0.25) is 0 Å². The third-order valence-corrected chi connectivity index (χ3v) is 7.69. The van der Waals surface area contributed by atoms with Gasteiger partial charge in [-0.1, -0.05) is 47.5 Å². The van der Waals surface area contributed by atoms with Crippen LogP contribution in [0.15, 0.2) is 79.1 Å². The molecule has 0 atom stereocenters. The SMILES string of the molecule is Cc1cc2oc(=O)c(C(c3ccc4ccccc4n3)c3c(O)c4cc(Cl)c(C)cc4oc3=O)c(O)c2cc1Cl. The summed E-state index contributed by atoms with van der Waals surface area (Å²) in [4.78, 5) is 31.6. The fourth-order valence-corrected chi connectivity index (χ4v) is 5.16. The van der Waals surface area contributed by atoms with Crippen LogP contribution in [-0.4, -0.2) is 15.2 Å². The standard InChI is InChI=1S/C30H19Cl2NO6/c1-13-9-22-16(11-18(13)31)27(34)25(29(36)38-22)24(21-8-7-15-5-3-4-6-20(15)33-21)26-28(35)17-12-19(32)14(2)10-23(17)39-30(26)37/h3-12,24,34-35H,1-2H3. The molecule has 0 saturated carbocycles. The predicted molar refractivity (Wildman–Crippen MR) is 150 cm³/mol. The third kappa shape index (κ3) is 4.02. The van der Waals surface area contributed by atoms with Crippen LogP contribution in [0.2, 0.25) is 10.0 Å². The van der Waals surface area contributed by atoms with Crippen LogP contribution in [0.5, 0.6) is 11.5 Å². The van der Waals surface area contributed by atoms with Gasteiger partial charge in [-0.2, -0.15) is 0 Å². The smallest absolute Gasteiger partial charge is 0.344 e. The Bertz CT molecular complexity index is 1990. The number of para-hydroxylation sites is 1. The normalized spacial score (nSPS) is 11.7. The first kappa shape index (κ1) is 25.0. The minimum absolute atomic E-state index is 0.116. The zero-order chi connectivity index (χ0) is 27.6. The zero-order valence-corrected chi connectivity index (χ0v) is 22.1. The van der Waals surface area contributed by atoms with Crippen molar-refractivity contribution in [2.24, 2.45) is 0 Å². The summed E-state index contributed by atoms with van der Waals surface area (Å²) in [6.07, 6.45) is 0. The summed E-state index contributed by atoms with van der Waals surface area (Å²) in [5, 5.41) is 24.7. The van der Waals surface area contributed by atoms with E-state index in [0.717, 1.165) is 5.39 Å². The first-order chi connectivity index (χ1) is 18.6. The van der Waals surface area contributed by atoms with Crippen LogP contribution in [0.25, 0.3) is 32.8 Å². The van der Waals surface area contributed by atoms with Crippen LogP contribution in [0.1, 0.15) is 33.9 Å². The van der Waals surface area contributed by atoms with Gasteiger partial charge in [0.05, 0.1) is 39.0 Å². The van der Waals surface area contributed by atoms with Gasteiger partial charge in [0.15, 0.2) is 0 Å². The van der Waals surface area contributed by atoms with Gasteiger partial charge in [0.1, 0.15) is 22.7 Å². The van der Waals surface area contributed by atoms with E-state index >= 15 is 0 Å². The Hall–Kier alpha value is -4.33. The minimum Gasteiger partial charge on any atom is -0.507 e. The van der Waals surface area contributed by atoms with Crippen LogP contribution in [0, 0.1) is 13.8 Å². The highest BCUT2D eigenvalue weighted by molar-refractivity contribution is 6.32. The molecule has 3 heterocycles. The summed E-state index contributed by atoms with van der Waals surface area (Å²) < 4.78 is 11.2. The zero-order valence-electron chi connectivity index (χ0n) is 20.6. The first-order valence-electron chi connectivity index (χ1n) is 11.9. The summed E-state index contributed by atoms with van der Waals surface area (Å²) in [5.74, 6) is -2.27. The lowest BCUT2D eigenvalue weighted by atomic mass is 9.87. The van der Waals surface area contributed by atoms with E-state index in [0.29, 0.717) is 26.7 Å². The molecule has 0 aliphatic carbocycles. The van der Waals surface area contributed by atoms with E-state index in [4.69, 9.17) is 32.0 Å². The fraction of sp³-hybridized carbons (Fsp3) is 0.100. The molecule has 0 fully saturated rings. The quantitative estimate of drug-likeness (QED) is 0.225. The number of rotatable bonds is 3. The second-order valence-electron chi connectivity index (χ2n) is 9.36. The molecule has 0 saturated heterocycles. The number of halogens is 2. The van der Waals surface area contributed by atoms with Crippen molar-refractivity contribution < 1.29 is 19.0 Å². The van der Waals surface area contributed by atoms with Crippen LogP contribution in [0.3, 0.4) is 0 Å². The molecule has 0 bridgehead atoms. The highest BCUT2D eigenvalue weighted by atomic mass is 35.5. The summed E-state index contributed by atoms with van der Waals surface area (Å²) in [6, 6.07) is 16.7. The lowest BCUT2D eigenvalue weighted by Gasteiger charge is -2.19. The first-order valence-corrected chi connectivity index (χ1v) is 12.7. The van der Waals surface area contributed by atoms with E-state index in [-0.39, 0.29) is 38.8 Å². The van der Waals surface area contributed by atoms with Gasteiger partial charge in [0.25, 0.3) is 0 Å². The van der Waals surface area contributed by atoms with E-state index in [1.165, 1.54) is 24.3 Å². The van der Waals surface area contributed by atoms with Crippen molar-refractivity contribution in [2.75, 3.05) is 0 Å². The number of aromatic nitrogens is 1. The minimum atomic E-state index is -1.36. The largest absolute Gasteiger partial charge is 0.507 e. The van der Waals surface area contributed by atoms with Gasteiger partial charge >= 0.3 is 11.3 Å². The van der Waals surface area contributed by atoms with Crippen molar-refractivity contribution in [3.05, 3.63) is 119 Å². The average molecular weight is 560 g/mol. The lowest BCUT2D eigenvalue weighted by Crippen LogP contribution is -2.22. The Morgan fingerprint density at radius 1 is 0.744 bits per heavy atom. The Morgan fingerprint density at radius 3 is 1.79 bits per heavy atom. The molecular formula is C30H19Cl2NO6. The molecule has 6 rings (SSSR count). The average Bonchev–Trinajstić information content (AvgIpc) is 2.90. The van der Waals surface area contributed by atoms with Gasteiger partial charge in [-0.3, -0.25) is 4.98 Å². The topological polar surface area (TPSA) is 114 Å². The Morgan fingerprint density at radius 2 is 1.26 bits per heavy atom. The molecule has 7 nitrogen and oxygen atoms in total. The number of hydrogen-bond acceptors (Lipinski definition) is 7. The third-order valence-electron chi connectivity index (χ3n) is 6.88. The van der Waals surface area contributed by atoms with Crippen LogP contribution < -0.4 is 11.3 Å². The lowest BCUT2D eigenvalue weighted by molar-refractivity contribution is 0.440. The van der Waals surface area contributed by atoms with E-state index in [1.807, 2.05) is 12.1 Å². The molecule has 39 heavy (non-hydrogen) atoms. The predicted octanol–water partition coefficient (Wildman–Crippen LogP) is 6.96. The van der Waals surface area contributed by atoms with E-state index in [9.17, 15) is 19.8 Å². The Kier molecular flexibility index (Phi) is 5.86. The molecule has 0 radical (unpaired) electrons. The van der Waals surface area contributed by atoms with Crippen molar-refractivity contribution in [1.29, 1.82) is 0 Å². The van der Waals surface area contributed by atoms with Crippen LogP contribution in [0.4, 0.5) is 0 Å². The van der Waals surface area contributed by atoms with Gasteiger partial charge in [0, 0.05) is 15.4 Å². The fourth-order valence-electron chi connectivity index (χ4n) is 4.83. The molecule has 0 amide bonds. The highest BCUT2D eigenvalue weighted by Crippen LogP contribution is 2.43. The number of hydrogen-bond donors (Lipinski definition) is 2. The molecule has 194 valence electrons. The maximum Gasteiger partial charge on any atom is 0.344 e. The van der Waals surface area contributed by atoms with Gasteiger partial charge in [-0.15, -0.1) is 0 Å². The maximum atomic E-state index is 13.5. The van der Waals surface area contributed by atoms with Crippen molar-refractivity contribution >= 4 is 56.0 Å².